The van der Waals surface area contributed by atoms with Crippen LogP contribution in [0.1, 0.15) is 29.6 Å². The van der Waals surface area contributed by atoms with E-state index < -0.39 is 11.4 Å². The number of benzene rings is 1. The van der Waals surface area contributed by atoms with Crippen LogP contribution in [-0.4, -0.2) is 23.5 Å². The smallest absolute Gasteiger partial charge is 0.311 e. The standard InChI is InChI=1S/C13H13BrClNO3/c14-8-2-3-9(10(15)6-8)11(17)16-7-13(12(18)19)4-1-5-13/h2-3,6H,1,4-5,7H2,(H,16,17)(H,18,19). The number of hydrogen-bond acceptors (Lipinski definition) is 2. The molecule has 0 heterocycles. The highest BCUT2D eigenvalue weighted by Crippen LogP contribution is 2.40. The van der Waals surface area contributed by atoms with Crippen molar-refractivity contribution in [2.75, 3.05) is 6.54 Å². The molecule has 1 amide bonds. The van der Waals surface area contributed by atoms with Crippen LogP contribution >= 0.6 is 27.5 Å². The summed E-state index contributed by atoms with van der Waals surface area (Å²) in [4.78, 5) is 23.2. The third kappa shape index (κ3) is 2.92. The minimum atomic E-state index is -0.846. The third-order valence-corrected chi connectivity index (χ3v) is 4.33. The van der Waals surface area contributed by atoms with E-state index in [1.807, 2.05) is 0 Å². The van der Waals surface area contributed by atoms with E-state index in [9.17, 15) is 14.7 Å². The highest BCUT2D eigenvalue weighted by molar-refractivity contribution is 9.10. The number of nitrogens with one attached hydrogen (secondary N) is 1. The summed E-state index contributed by atoms with van der Waals surface area (Å²) < 4.78 is 0.787. The van der Waals surface area contributed by atoms with E-state index in [4.69, 9.17) is 11.6 Å². The van der Waals surface area contributed by atoms with Crippen LogP contribution < -0.4 is 5.32 Å². The molecule has 6 heteroatoms. The molecular formula is C13H13BrClNO3. The van der Waals surface area contributed by atoms with Gasteiger partial charge in [-0.1, -0.05) is 34.0 Å². The van der Waals surface area contributed by atoms with E-state index in [1.165, 1.54) is 0 Å². The summed E-state index contributed by atoms with van der Waals surface area (Å²) in [7, 11) is 0. The fourth-order valence-corrected chi connectivity index (χ4v) is 2.85. The molecule has 0 atom stereocenters. The molecule has 2 N–H and O–H groups in total. The number of hydrogen-bond donors (Lipinski definition) is 2. The minimum Gasteiger partial charge on any atom is -0.481 e. The molecule has 4 nitrogen and oxygen atoms in total. The van der Waals surface area contributed by atoms with Gasteiger partial charge in [-0.25, -0.2) is 0 Å². The first-order valence-corrected chi connectivity index (χ1v) is 7.08. The van der Waals surface area contributed by atoms with Crippen molar-refractivity contribution in [3.63, 3.8) is 0 Å². The number of halogens is 2. The predicted octanol–water partition coefficient (Wildman–Crippen LogP) is 3.09. The summed E-state index contributed by atoms with van der Waals surface area (Å²) in [6.07, 6.45) is 2.11. The van der Waals surface area contributed by atoms with Gasteiger partial charge in [0.25, 0.3) is 5.91 Å². The van der Waals surface area contributed by atoms with E-state index in [0.717, 1.165) is 10.9 Å². The molecule has 1 saturated carbocycles. The molecule has 102 valence electrons. The van der Waals surface area contributed by atoms with Gasteiger partial charge in [0.1, 0.15) is 0 Å². The second kappa shape index (κ2) is 5.51. The van der Waals surface area contributed by atoms with Crippen LogP contribution in [0.2, 0.25) is 5.02 Å². The molecule has 2 rings (SSSR count). The summed E-state index contributed by atoms with van der Waals surface area (Å²) in [6.45, 7) is 0.146. The Morgan fingerprint density at radius 3 is 2.58 bits per heavy atom. The number of carboxylic acid groups (broad SMARTS) is 1. The second-order valence-corrected chi connectivity index (χ2v) is 6.07. The summed E-state index contributed by atoms with van der Waals surface area (Å²) >= 11 is 9.24. The first kappa shape index (κ1) is 14.3. The van der Waals surface area contributed by atoms with Crippen LogP contribution in [-0.2, 0) is 4.79 Å². The Morgan fingerprint density at radius 1 is 1.42 bits per heavy atom. The molecule has 0 aromatic heterocycles. The number of carbonyl (C=O) groups is 2. The molecule has 0 spiro atoms. The summed E-state index contributed by atoms with van der Waals surface area (Å²) in [6, 6.07) is 4.96. The van der Waals surface area contributed by atoms with Gasteiger partial charge in [0.15, 0.2) is 0 Å². The van der Waals surface area contributed by atoms with Crippen LogP contribution in [0.5, 0.6) is 0 Å². The summed E-state index contributed by atoms with van der Waals surface area (Å²) in [5.74, 6) is -1.19. The lowest BCUT2D eigenvalue weighted by atomic mass is 9.69. The SMILES string of the molecule is O=C(NCC1(C(=O)O)CCC1)c1ccc(Br)cc1Cl. The fraction of sp³-hybridized carbons (Fsp3) is 0.385. The average Bonchev–Trinajstić information content (AvgIpc) is 2.26. The van der Waals surface area contributed by atoms with Gasteiger partial charge in [-0.15, -0.1) is 0 Å². The maximum atomic E-state index is 12.0. The lowest BCUT2D eigenvalue weighted by molar-refractivity contribution is -0.153. The van der Waals surface area contributed by atoms with Crippen LogP contribution in [0.3, 0.4) is 0 Å². The number of rotatable bonds is 4. The predicted molar refractivity (Wildman–Crippen MR) is 75.4 cm³/mol. The number of carboxylic acids is 1. The van der Waals surface area contributed by atoms with Gasteiger partial charge >= 0.3 is 5.97 Å². The molecule has 0 aliphatic heterocycles. The zero-order valence-corrected chi connectivity index (χ0v) is 12.4. The molecule has 1 aliphatic carbocycles. The monoisotopic (exact) mass is 345 g/mol. The van der Waals surface area contributed by atoms with E-state index in [0.29, 0.717) is 23.4 Å². The minimum absolute atomic E-state index is 0.146. The van der Waals surface area contributed by atoms with Crippen LogP contribution in [0.25, 0.3) is 0 Å². The number of carbonyl (C=O) groups excluding carboxylic acids is 1. The highest BCUT2D eigenvalue weighted by atomic mass is 79.9. The van der Waals surface area contributed by atoms with E-state index in [-0.39, 0.29) is 12.5 Å². The van der Waals surface area contributed by atoms with Crippen LogP contribution in [0, 0.1) is 5.41 Å². The van der Waals surface area contributed by atoms with Crippen LogP contribution in [0.15, 0.2) is 22.7 Å². The zero-order valence-electron chi connectivity index (χ0n) is 10.1. The van der Waals surface area contributed by atoms with E-state index in [2.05, 4.69) is 21.2 Å². The molecular weight excluding hydrogens is 334 g/mol. The topological polar surface area (TPSA) is 66.4 Å². The Balaban J connectivity index is 2.03. The van der Waals surface area contributed by atoms with Gasteiger partial charge in [-0.3, -0.25) is 9.59 Å². The van der Waals surface area contributed by atoms with E-state index in [1.54, 1.807) is 18.2 Å². The van der Waals surface area contributed by atoms with Gasteiger partial charge in [0, 0.05) is 11.0 Å². The van der Waals surface area contributed by atoms with Gasteiger partial charge in [-0.05, 0) is 31.0 Å². The Labute approximate surface area is 124 Å². The largest absolute Gasteiger partial charge is 0.481 e. The highest BCUT2D eigenvalue weighted by Gasteiger charge is 2.44. The van der Waals surface area contributed by atoms with Gasteiger partial charge in [0.2, 0.25) is 0 Å². The van der Waals surface area contributed by atoms with Crippen molar-refractivity contribution < 1.29 is 14.7 Å². The third-order valence-electron chi connectivity index (χ3n) is 3.53. The normalized spacial score (nSPS) is 16.5. The van der Waals surface area contributed by atoms with Crippen LogP contribution in [0.4, 0.5) is 0 Å². The molecule has 19 heavy (non-hydrogen) atoms. The molecule has 0 bridgehead atoms. The summed E-state index contributed by atoms with van der Waals surface area (Å²) in [5.41, 5.74) is -0.443. The number of aliphatic carboxylic acids is 1. The van der Waals surface area contributed by atoms with Gasteiger partial charge in [-0.2, -0.15) is 0 Å². The van der Waals surface area contributed by atoms with E-state index >= 15 is 0 Å². The first-order chi connectivity index (χ1) is 8.94. The number of amides is 1. The van der Waals surface area contributed by atoms with Crippen molar-refractivity contribution >= 4 is 39.4 Å². The van der Waals surface area contributed by atoms with Crippen molar-refractivity contribution in [3.05, 3.63) is 33.3 Å². The van der Waals surface area contributed by atoms with Gasteiger partial charge in [0.05, 0.1) is 16.0 Å². The fourth-order valence-electron chi connectivity index (χ4n) is 2.09. The van der Waals surface area contributed by atoms with Crippen molar-refractivity contribution in [2.24, 2.45) is 5.41 Å². The molecule has 0 radical (unpaired) electrons. The maximum absolute atomic E-state index is 12.0. The van der Waals surface area contributed by atoms with Crippen molar-refractivity contribution in [2.45, 2.75) is 19.3 Å². The lowest BCUT2D eigenvalue weighted by Gasteiger charge is -2.37. The molecule has 0 saturated heterocycles. The maximum Gasteiger partial charge on any atom is 0.311 e. The van der Waals surface area contributed by atoms with Crippen molar-refractivity contribution in [1.82, 2.24) is 5.32 Å². The Hall–Kier alpha value is -1.07. The first-order valence-electron chi connectivity index (χ1n) is 5.91. The molecule has 1 aromatic rings. The molecule has 0 unspecified atom stereocenters. The van der Waals surface area contributed by atoms with Crippen molar-refractivity contribution in [1.29, 1.82) is 0 Å². The Bertz CT molecular complexity index is 529. The summed E-state index contributed by atoms with van der Waals surface area (Å²) in [5, 5.41) is 12.2. The molecule has 1 fully saturated rings. The lowest BCUT2D eigenvalue weighted by Crippen LogP contribution is -2.47. The quantitative estimate of drug-likeness (QED) is 0.880. The molecule has 1 aliphatic rings. The Kier molecular flexibility index (Phi) is 4.16. The average molecular weight is 347 g/mol. The van der Waals surface area contributed by atoms with Gasteiger partial charge < -0.3 is 10.4 Å². The molecule has 1 aromatic carbocycles. The Morgan fingerprint density at radius 2 is 2.11 bits per heavy atom. The van der Waals surface area contributed by atoms with Crippen molar-refractivity contribution in [3.8, 4) is 0 Å². The zero-order chi connectivity index (χ0) is 14.0. The second-order valence-electron chi connectivity index (χ2n) is 4.75.